The van der Waals surface area contributed by atoms with Crippen molar-refractivity contribution in [1.82, 2.24) is 0 Å². The Morgan fingerprint density at radius 3 is 2.74 bits per heavy atom. The highest BCUT2D eigenvalue weighted by Gasteiger charge is 2.46. The van der Waals surface area contributed by atoms with Crippen LogP contribution in [-0.4, -0.2) is 43.3 Å². The van der Waals surface area contributed by atoms with E-state index in [-0.39, 0.29) is 35.4 Å². The van der Waals surface area contributed by atoms with Crippen LogP contribution in [0, 0.1) is 0 Å². The standard InChI is InChI=1S/C16H18O7/c1-7(17)4-8-5-11-14(22-8)9-6-10(20-2)15(21-3)13(18)12(9)16(19)23-11/h6,8,11,14,18H,4-5H2,1-3H3/t8-,11-,14+/m0/s1. The Kier molecular flexibility index (Phi) is 3.89. The zero-order valence-corrected chi connectivity index (χ0v) is 13.1. The number of hydrogen-bond acceptors (Lipinski definition) is 7. The molecule has 2 heterocycles. The summed E-state index contributed by atoms with van der Waals surface area (Å²) in [4.78, 5) is 23.5. The number of phenolic OH excluding ortho intramolecular Hbond substituents is 1. The second-order valence-electron chi connectivity index (χ2n) is 5.69. The van der Waals surface area contributed by atoms with Crippen LogP contribution >= 0.6 is 0 Å². The number of carbonyl (C=O) groups is 2. The maximum Gasteiger partial charge on any atom is 0.342 e. The summed E-state index contributed by atoms with van der Waals surface area (Å²) in [5, 5.41) is 10.3. The van der Waals surface area contributed by atoms with Crippen LogP contribution in [0.25, 0.3) is 0 Å². The molecule has 1 N–H and O–H groups in total. The first kappa shape index (κ1) is 15.6. The molecular formula is C16H18O7. The minimum Gasteiger partial charge on any atom is -0.504 e. The predicted octanol–water partition coefficient (Wildman–Crippen LogP) is 1.76. The van der Waals surface area contributed by atoms with Crippen molar-refractivity contribution in [2.24, 2.45) is 0 Å². The van der Waals surface area contributed by atoms with E-state index in [4.69, 9.17) is 18.9 Å². The van der Waals surface area contributed by atoms with E-state index >= 15 is 0 Å². The fourth-order valence-electron chi connectivity index (χ4n) is 3.20. The lowest BCUT2D eigenvalue weighted by molar-refractivity contribution is -0.119. The molecule has 1 saturated heterocycles. The summed E-state index contributed by atoms with van der Waals surface area (Å²) in [6.07, 6.45) is -0.602. The smallest absolute Gasteiger partial charge is 0.342 e. The molecule has 0 bridgehead atoms. The van der Waals surface area contributed by atoms with Crippen LogP contribution in [0.3, 0.4) is 0 Å². The Hall–Kier alpha value is -2.28. The van der Waals surface area contributed by atoms with Gasteiger partial charge < -0.3 is 24.1 Å². The number of aromatic hydroxyl groups is 1. The number of ketones is 1. The predicted molar refractivity (Wildman–Crippen MR) is 77.9 cm³/mol. The van der Waals surface area contributed by atoms with Crippen LogP contribution in [-0.2, 0) is 14.3 Å². The Morgan fingerprint density at radius 1 is 1.39 bits per heavy atom. The van der Waals surface area contributed by atoms with Crippen molar-refractivity contribution in [3.63, 3.8) is 0 Å². The lowest BCUT2D eigenvalue weighted by atomic mass is 9.93. The Morgan fingerprint density at radius 2 is 2.13 bits per heavy atom. The van der Waals surface area contributed by atoms with Gasteiger partial charge in [0.25, 0.3) is 0 Å². The van der Waals surface area contributed by atoms with Crippen molar-refractivity contribution in [1.29, 1.82) is 0 Å². The molecule has 0 amide bonds. The lowest BCUT2D eigenvalue weighted by Crippen LogP contribution is -2.29. The number of phenols is 1. The molecule has 1 aromatic carbocycles. The van der Waals surface area contributed by atoms with E-state index in [2.05, 4.69) is 0 Å². The van der Waals surface area contributed by atoms with E-state index in [9.17, 15) is 14.7 Å². The van der Waals surface area contributed by atoms with E-state index in [0.29, 0.717) is 17.7 Å². The van der Waals surface area contributed by atoms with Crippen molar-refractivity contribution in [2.75, 3.05) is 14.2 Å². The van der Waals surface area contributed by atoms with Crippen LogP contribution in [0.5, 0.6) is 17.2 Å². The largest absolute Gasteiger partial charge is 0.504 e. The third-order valence-corrected chi connectivity index (χ3v) is 4.13. The summed E-state index contributed by atoms with van der Waals surface area (Å²) >= 11 is 0. The van der Waals surface area contributed by atoms with Gasteiger partial charge in [-0.25, -0.2) is 4.79 Å². The first-order chi connectivity index (χ1) is 11.0. The highest BCUT2D eigenvalue weighted by atomic mass is 16.6. The molecule has 0 aliphatic carbocycles. The number of benzene rings is 1. The fraction of sp³-hybridized carbons (Fsp3) is 0.500. The third kappa shape index (κ3) is 2.50. The van der Waals surface area contributed by atoms with E-state index in [1.54, 1.807) is 6.07 Å². The molecule has 0 radical (unpaired) electrons. The summed E-state index contributed by atoms with van der Waals surface area (Å²) in [6, 6.07) is 1.61. The lowest BCUT2D eigenvalue weighted by Gasteiger charge is -2.28. The van der Waals surface area contributed by atoms with Crippen molar-refractivity contribution in [3.8, 4) is 17.2 Å². The van der Waals surface area contributed by atoms with E-state index < -0.39 is 18.2 Å². The van der Waals surface area contributed by atoms with Crippen LogP contribution in [0.1, 0.15) is 41.8 Å². The van der Waals surface area contributed by atoms with Gasteiger partial charge in [0.1, 0.15) is 23.6 Å². The average molecular weight is 322 g/mol. The van der Waals surface area contributed by atoms with Crippen molar-refractivity contribution in [2.45, 2.75) is 38.1 Å². The molecule has 3 rings (SSSR count). The summed E-state index contributed by atoms with van der Waals surface area (Å²) in [6.45, 7) is 1.49. The molecule has 2 aliphatic heterocycles. The molecule has 0 unspecified atom stereocenters. The summed E-state index contributed by atoms with van der Waals surface area (Å²) in [7, 11) is 2.81. The Labute approximate surface area is 133 Å². The van der Waals surface area contributed by atoms with Gasteiger partial charge in [-0.2, -0.15) is 0 Å². The van der Waals surface area contributed by atoms with Crippen molar-refractivity contribution >= 4 is 11.8 Å². The second kappa shape index (κ2) is 5.73. The molecule has 1 fully saturated rings. The summed E-state index contributed by atoms with van der Waals surface area (Å²) in [5.74, 6) is -0.582. The Balaban J connectivity index is 2.04. The molecule has 2 aliphatic rings. The minimum atomic E-state index is -0.633. The van der Waals surface area contributed by atoms with E-state index in [1.165, 1.54) is 21.1 Å². The number of rotatable bonds is 4. The van der Waals surface area contributed by atoms with Crippen molar-refractivity contribution < 1.29 is 33.6 Å². The Bertz CT molecular complexity index is 667. The van der Waals surface area contributed by atoms with Gasteiger partial charge in [-0.15, -0.1) is 0 Å². The van der Waals surface area contributed by atoms with Gasteiger partial charge in [-0.3, -0.25) is 4.79 Å². The topological polar surface area (TPSA) is 91.3 Å². The quantitative estimate of drug-likeness (QED) is 0.844. The number of hydrogen-bond donors (Lipinski definition) is 1. The first-order valence-corrected chi connectivity index (χ1v) is 7.30. The van der Waals surface area contributed by atoms with Gasteiger partial charge in [0.15, 0.2) is 11.5 Å². The molecule has 7 nitrogen and oxygen atoms in total. The van der Waals surface area contributed by atoms with Gasteiger partial charge in [0.05, 0.1) is 20.3 Å². The van der Waals surface area contributed by atoms with Crippen LogP contribution in [0.4, 0.5) is 0 Å². The van der Waals surface area contributed by atoms with Gasteiger partial charge in [0, 0.05) is 18.4 Å². The first-order valence-electron chi connectivity index (χ1n) is 7.30. The number of carbonyl (C=O) groups excluding carboxylic acids is 2. The molecule has 7 heteroatoms. The highest BCUT2D eigenvalue weighted by Crippen LogP contribution is 2.49. The summed E-state index contributed by atoms with van der Waals surface area (Å²) in [5.41, 5.74) is 0.514. The van der Waals surface area contributed by atoms with Crippen molar-refractivity contribution in [3.05, 3.63) is 17.2 Å². The van der Waals surface area contributed by atoms with Gasteiger partial charge in [-0.05, 0) is 13.0 Å². The van der Waals surface area contributed by atoms with Gasteiger partial charge in [0.2, 0.25) is 5.75 Å². The number of methoxy groups -OCH3 is 2. The number of esters is 1. The normalized spacial score (nSPS) is 25.3. The highest BCUT2D eigenvalue weighted by molar-refractivity contribution is 5.97. The van der Waals surface area contributed by atoms with E-state index in [1.807, 2.05) is 0 Å². The molecule has 0 spiro atoms. The van der Waals surface area contributed by atoms with E-state index in [0.717, 1.165) is 0 Å². The maximum atomic E-state index is 12.2. The number of ether oxygens (including phenoxy) is 4. The van der Waals surface area contributed by atoms with Gasteiger partial charge >= 0.3 is 5.97 Å². The molecular weight excluding hydrogens is 304 g/mol. The third-order valence-electron chi connectivity index (χ3n) is 4.13. The number of Topliss-reactive ketones (excluding diaryl/α,β-unsaturated/α-hetero) is 1. The molecule has 124 valence electrons. The molecule has 0 saturated carbocycles. The zero-order chi connectivity index (χ0) is 16.7. The second-order valence-corrected chi connectivity index (χ2v) is 5.69. The molecule has 0 aromatic heterocycles. The van der Waals surface area contributed by atoms with Crippen LogP contribution in [0.15, 0.2) is 6.07 Å². The summed E-state index contributed by atoms with van der Waals surface area (Å²) < 4.78 is 21.6. The SMILES string of the molecule is COc1cc2c(c(O)c1OC)C(=O)O[C@H]1C[C@H](CC(C)=O)O[C@H]21. The molecule has 23 heavy (non-hydrogen) atoms. The van der Waals surface area contributed by atoms with Gasteiger partial charge in [-0.1, -0.05) is 0 Å². The molecule has 3 atom stereocenters. The maximum absolute atomic E-state index is 12.2. The number of fused-ring (bicyclic) bond motifs is 3. The van der Waals surface area contributed by atoms with Crippen LogP contribution < -0.4 is 9.47 Å². The fourth-order valence-corrected chi connectivity index (χ4v) is 3.20. The molecule has 1 aromatic rings. The zero-order valence-electron chi connectivity index (χ0n) is 13.1. The average Bonchev–Trinajstić information content (AvgIpc) is 2.87. The van der Waals surface area contributed by atoms with Crippen LogP contribution in [0.2, 0.25) is 0 Å². The minimum absolute atomic E-state index is 0.00959. The monoisotopic (exact) mass is 322 g/mol.